The molecule has 2 heterocycles. The highest BCUT2D eigenvalue weighted by Crippen LogP contribution is 2.40. The number of halogens is 1. The molecule has 0 spiro atoms. The Morgan fingerprint density at radius 3 is 2.36 bits per heavy atom. The minimum absolute atomic E-state index is 0.0194. The number of hydrogen-bond donors (Lipinski definition) is 1. The molecule has 0 fully saturated rings. The summed E-state index contributed by atoms with van der Waals surface area (Å²) in [7, 11) is 2.02. The molecule has 0 aliphatic carbocycles. The average molecular weight is 393 g/mol. The minimum atomic E-state index is -0.141. The molecule has 144 valence electrons. The number of fused-ring (bicyclic) bond motifs is 1. The number of pyridine rings is 1. The van der Waals surface area contributed by atoms with Crippen molar-refractivity contribution in [2.24, 2.45) is 7.05 Å². The summed E-state index contributed by atoms with van der Waals surface area (Å²) in [5, 5.41) is 12.0. The molecule has 0 aliphatic heterocycles. The number of aromatic nitrogens is 2. The van der Waals surface area contributed by atoms with Crippen molar-refractivity contribution in [1.82, 2.24) is 9.55 Å². The van der Waals surface area contributed by atoms with Crippen LogP contribution in [0.5, 0.6) is 0 Å². The van der Waals surface area contributed by atoms with Crippen molar-refractivity contribution >= 4 is 22.5 Å². The van der Waals surface area contributed by atoms with Gasteiger partial charge in [0.2, 0.25) is 0 Å². The lowest BCUT2D eigenvalue weighted by molar-refractivity contribution is 0.281. The van der Waals surface area contributed by atoms with Crippen molar-refractivity contribution < 1.29 is 5.11 Å². The minimum Gasteiger partial charge on any atom is -0.395 e. The van der Waals surface area contributed by atoms with Crippen LogP contribution in [0.15, 0.2) is 72.9 Å². The first-order valence-electron chi connectivity index (χ1n) is 9.55. The molecule has 4 rings (SSSR count). The van der Waals surface area contributed by atoms with Gasteiger partial charge in [-0.2, -0.15) is 0 Å². The Labute approximate surface area is 171 Å². The Morgan fingerprint density at radius 2 is 1.71 bits per heavy atom. The Morgan fingerprint density at radius 1 is 1.00 bits per heavy atom. The molecule has 1 atom stereocenters. The van der Waals surface area contributed by atoms with Gasteiger partial charge in [-0.05, 0) is 35.4 Å². The molecule has 0 bridgehead atoms. The lowest BCUT2D eigenvalue weighted by atomic mass is 9.89. The van der Waals surface area contributed by atoms with Gasteiger partial charge in [-0.3, -0.25) is 4.98 Å². The molecule has 2 aromatic carbocycles. The summed E-state index contributed by atoms with van der Waals surface area (Å²) in [4.78, 5) is 4.56. The average Bonchev–Trinajstić information content (AvgIpc) is 3.03. The van der Waals surface area contributed by atoms with Gasteiger partial charge in [0, 0.05) is 29.6 Å². The fourth-order valence-corrected chi connectivity index (χ4v) is 3.82. The maximum Gasteiger partial charge on any atom is 0.0869 e. The first-order valence-corrected chi connectivity index (χ1v) is 9.93. The lowest BCUT2D eigenvalue weighted by Gasteiger charge is -2.17. The van der Waals surface area contributed by atoms with Crippen molar-refractivity contribution in [1.29, 1.82) is 0 Å². The van der Waals surface area contributed by atoms with Gasteiger partial charge < -0.3 is 9.67 Å². The predicted octanol–water partition coefficient (Wildman–Crippen LogP) is 6.04. The zero-order valence-corrected chi connectivity index (χ0v) is 17.2. The van der Waals surface area contributed by atoms with Gasteiger partial charge in [0.1, 0.15) is 0 Å². The summed E-state index contributed by atoms with van der Waals surface area (Å²) in [6.45, 7) is 4.02. The Bertz CT molecular complexity index is 1040. The Balaban J connectivity index is 0.00000109. The van der Waals surface area contributed by atoms with Crippen LogP contribution < -0.4 is 0 Å². The molecule has 0 radical (unpaired) electrons. The standard InChI is InChI=1S/C22H19ClN2O.C2H6/c1-25-20-13-16(23)10-11-17(20)21(22(25)19-9-5-6-12-24-19)18(14-26)15-7-3-2-4-8-15;1-2/h2-13,18,26H,14H2,1H3;1-2H3. The number of hydrogen-bond acceptors (Lipinski definition) is 2. The molecule has 4 aromatic rings. The van der Waals surface area contributed by atoms with E-state index >= 15 is 0 Å². The molecule has 1 N–H and O–H groups in total. The molecule has 0 aliphatic rings. The van der Waals surface area contributed by atoms with Crippen molar-refractivity contribution in [2.75, 3.05) is 6.61 Å². The number of aliphatic hydroxyl groups excluding tert-OH is 1. The SMILES string of the molecule is CC.Cn1c(-c2ccccn2)c(C(CO)c2ccccc2)c2ccc(Cl)cc21. The highest BCUT2D eigenvalue weighted by molar-refractivity contribution is 6.31. The van der Waals surface area contributed by atoms with Crippen LogP contribution >= 0.6 is 11.6 Å². The third kappa shape index (κ3) is 3.68. The smallest absolute Gasteiger partial charge is 0.0869 e. The summed E-state index contributed by atoms with van der Waals surface area (Å²) in [5.74, 6) is -0.141. The summed E-state index contributed by atoms with van der Waals surface area (Å²) in [6.07, 6.45) is 1.79. The second-order valence-corrected chi connectivity index (χ2v) is 6.78. The molecular weight excluding hydrogens is 368 g/mol. The van der Waals surface area contributed by atoms with Gasteiger partial charge in [0.05, 0.1) is 23.5 Å². The first kappa shape index (κ1) is 20.1. The molecule has 28 heavy (non-hydrogen) atoms. The van der Waals surface area contributed by atoms with E-state index in [1.165, 1.54) is 0 Å². The number of benzene rings is 2. The van der Waals surface area contributed by atoms with Gasteiger partial charge in [-0.25, -0.2) is 0 Å². The van der Waals surface area contributed by atoms with Gasteiger partial charge in [-0.1, -0.05) is 67.9 Å². The lowest BCUT2D eigenvalue weighted by Crippen LogP contribution is -2.08. The van der Waals surface area contributed by atoms with Crippen molar-refractivity contribution in [3.63, 3.8) is 0 Å². The number of nitrogens with zero attached hydrogens (tertiary/aromatic N) is 2. The van der Waals surface area contributed by atoms with Crippen LogP contribution in [-0.4, -0.2) is 21.3 Å². The fraction of sp³-hybridized carbons (Fsp3) is 0.208. The van der Waals surface area contributed by atoms with Crippen LogP contribution in [0.4, 0.5) is 0 Å². The summed E-state index contributed by atoms with van der Waals surface area (Å²) < 4.78 is 2.12. The van der Waals surface area contributed by atoms with E-state index in [4.69, 9.17) is 11.6 Å². The van der Waals surface area contributed by atoms with E-state index < -0.39 is 0 Å². The van der Waals surface area contributed by atoms with Gasteiger partial charge in [0.15, 0.2) is 0 Å². The van der Waals surface area contributed by atoms with Gasteiger partial charge in [0.25, 0.3) is 0 Å². The Hall–Kier alpha value is -2.62. The van der Waals surface area contributed by atoms with Crippen molar-refractivity contribution in [2.45, 2.75) is 19.8 Å². The van der Waals surface area contributed by atoms with E-state index in [1.807, 2.05) is 75.5 Å². The van der Waals surface area contributed by atoms with E-state index in [9.17, 15) is 5.11 Å². The fourth-order valence-electron chi connectivity index (χ4n) is 3.65. The quantitative estimate of drug-likeness (QED) is 0.459. The summed E-state index contributed by atoms with van der Waals surface area (Å²) >= 11 is 6.25. The monoisotopic (exact) mass is 392 g/mol. The van der Waals surface area contributed by atoms with Crippen molar-refractivity contribution in [3.8, 4) is 11.4 Å². The molecule has 4 heteroatoms. The zero-order chi connectivity index (χ0) is 20.1. The van der Waals surface area contributed by atoms with Crippen LogP contribution in [0.25, 0.3) is 22.3 Å². The number of rotatable bonds is 4. The van der Waals surface area contributed by atoms with Gasteiger partial charge in [-0.15, -0.1) is 0 Å². The van der Waals surface area contributed by atoms with Crippen molar-refractivity contribution in [3.05, 3.63) is 89.1 Å². The summed E-state index contributed by atoms with van der Waals surface area (Å²) in [5.41, 5.74) is 5.07. The predicted molar refractivity (Wildman–Crippen MR) is 118 cm³/mol. The highest BCUT2D eigenvalue weighted by atomic mass is 35.5. The van der Waals surface area contributed by atoms with Crippen LogP contribution in [0.2, 0.25) is 5.02 Å². The van der Waals surface area contributed by atoms with Crippen LogP contribution in [-0.2, 0) is 7.05 Å². The molecule has 0 saturated heterocycles. The summed E-state index contributed by atoms with van der Waals surface area (Å²) in [6, 6.07) is 21.9. The first-order chi connectivity index (χ1) is 13.7. The Kier molecular flexibility index (Phi) is 6.50. The number of aliphatic hydroxyl groups is 1. The zero-order valence-electron chi connectivity index (χ0n) is 16.4. The topological polar surface area (TPSA) is 38.0 Å². The maximum absolute atomic E-state index is 10.3. The third-order valence-electron chi connectivity index (χ3n) is 4.84. The van der Waals surface area contributed by atoms with Crippen LogP contribution in [0, 0.1) is 0 Å². The third-order valence-corrected chi connectivity index (χ3v) is 5.08. The van der Waals surface area contributed by atoms with E-state index in [-0.39, 0.29) is 12.5 Å². The molecule has 0 amide bonds. The maximum atomic E-state index is 10.3. The molecule has 3 nitrogen and oxygen atoms in total. The largest absolute Gasteiger partial charge is 0.395 e. The molecule has 1 unspecified atom stereocenters. The molecule has 0 saturated carbocycles. The van der Waals surface area contributed by atoms with E-state index in [2.05, 4.69) is 21.7 Å². The second kappa shape index (κ2) is 9.05. The van der Waals surface area contributed by atoms with E-state index in [0.29, 0.717) is 5.02 Å². The van der Waals surface area contributed by atoms with E-state index in [1.54, 1.807) is 6.20 Å². The highest BCUT2D eigenvalue weighted by Gasteiger charge is 2.25. The molecule has 2 aromatic heterocycles. The van der Waals surface area contributed by atoms with E-state index in [0.717, 1.165) is 33.4 Å². The van der Waals surface area contributed by atoms with Crippen LogP contribution in [0.1, 0.15) is 30.9 Å². The second-order valence-electron chi connectivity index (χ2n) is 6.34. The van der Waals surface area contributed by atoms with Gasteiger partial charge >= 0.3 is 0 Å². The molecular formula is C24H25ClN2O. The normalized spacial score (nSPS) is 11.8. The van der Waals surface area contributed by atoms with Crippen LogP contribution in [0.3, 0.4) is 0 Å². The number of aryl methyl sites for hydroxylation is 1.